The highest BCUT2D eigenvalue weighted by molar-refractivity contribution is 8.00. The van der Waals surface area contributed by atoms with Crippen molar-refractivity contribution in [3.8, 4) is 0 Å². The molecule has 0 radical (unpaired) electrons. The molecule has 0 aromatic heterocycles. The van der Waals surface area contributed by atoms with Gasteiger partial charge in [-0.1, -0.05) is 24.3 Å². The summed E-state index contributed by atoms with van der Waals surface area (Å²) in [5, 5.41) is 7.50. The van der Waals surface area contributed by atoms with E-state index in [2.05, 4.69) is 51.7 Å². The molecule has 1 heterocycles. The molecule has 2 N–H and O–H groups in total. The quantitative estimate of drug-likeness (QED) is 0.626. The highest BCUT2D eigenvalue weighted by atomic mass is 32.2. The molecule has 0 spiro atoms. The Kier molecular flexibility index (Phi) is 6.89. The SMILES string of the molecule is CN=C(NCc1ccc(COC)cc1)NCC1CCCS1. The molecule has 5 heteroatoms. The van der Waals surface area contributed by atoms with Gasteiger partial charge in [-0.3, -0.25) is 4.99 Å². The lowest BCUT2D eigenvalue weighted by Crippen LogP contribution is -2.39. The minimum absolute atomic E-state index is 0.663. The first-order chi connectivity index (χ1) is 10.3. The average Bonchev–Trinajstić information content (AvgIpc) is 3.03. The van der Waals surface area contributed by atoms with Gasteiger partial charge in [-0.2, -0.15) is 11.8 Å². The highest BCUT2D eigenvalue weighted by Crippen LogP contribution is 2.25. The molecule has 0 aliphatic carbocycles. The van der Waals surface area contributed by atoms with Crippen molar-refractivity contribution >= 4 is 17.7 Å². The van der Waals surface area contributed by atoms with Crippen molar-refractivity contribution < 1.29 is 4.74 Å². The molecule has 1 aromatic carbocycles. The Hall–Kier alpha value is -1.20. The van der Waals surface area contributed by atoms with E-state index in [0.29, 0.717) is 6.61 Å². The Morgan fingerprint density at radius 1 is 1.29 bits per heavy atom. The number of rotatable bonds is 6. The molecule has 1 aromatic rings. The maximum atomic E-state index is 5.12. The minimum atomic E-state index is 0.663. The van der Waals surface area contributed by atoms with E-state index >= 15 is 0 Å². The van der Waals surface area contributed by atoms with Crippen molar-refractivity contribution in [3.05, 3.63) is 35.4 Å². The standard InChI is InChI=1S/C16H25N3OS/c1-17-16(19-11-15-4-3-9-21-15)18-10-13-5-7-14(8-6-13)12-20-2/h5-8,15H,3-4,9-12H2,1-2H3,(H2,17,18,19). The Morgan fingerprint density at radius 2 is 2.05 bits per heavy atom. The number of hydrogen-bond donors (Lipinski definition) is 2. The second-order valence-electron chi connectivity index (χ2n) is 5.19. The highest BCUT2D eigenvalue weighted by Gasteiger charge is 2.15. The van der Waals surface area contributed by atoms with Crippen molar-refractivity contribution in [3.63, 3.8) is 0 Å². The summed E-state index contributed by atoms with van der Waals surface area (Å²) in [5.41, 5.74) is 2.44. The topological polar surface area (TPSA) is 45.7 Å². The van der Waals surface area contributed by atoms with Gasteiger partial charge in [0.25, 0.3) is 0 Å². The van der Waals surface area contributed by atoms with Gasteiger partial charge in [-0.05, 0) is 29.7 Å². The van der Waals surface area contributed by atoms with Crippen LogP contribution in [0.25, 0.3) is 0 Å². The van der Waals surface area contributed by atoms with E-state index in [1.165, 1.54) is 29.7 Å². The molecule has 1 fully saturated rings. The number of thioether (sulfide) groups is 1. The summed E-state index contributed by atoms with van der Waals surface area (Å²) in [5.74, 6) is 2.18. The van der Waals surface area contributed by atoms with E-state index < -0.39 is 0 Å². The minimum Gasteiger partial charge on any atom is -0.380 e. The predicted octanol–water partition coefficient (Wildman–Crippen LogP) is 2.39. The van der Waals surface area contributed by atoms with Crippen LogP contribution in [0.4, 0.5) is 0 Å². The summed E-state index contributed by atoms with van der Waals surface area (Å²) in [6.07, 6.45) is 2.66. The molecule has 2 rings (SSSR count). The molecule has 0 saturated carbocycles. The van der Waals surface area contributed by atoms with Crippen molar-refractivity contribution in [1.29, 1.82) is 0 Å². The first-order valence-electron chi connectivity index (χ1n) is 7.44. The van der Waals surface area contributed by atoms with E-state index in [0.717, 1.165) is 24.3 Å². The molecule has 0 bridgehead atoms. The van der Waals surface area contributed by atoms with Gasteiger partial charge >= 0.3 is 0 Å². The van der Waals surface area contributed by atoms with Gasteiger partial charge in [-0.15, -0.1) is 0 Å². The third-order valence-electron chi connectivity index (χ3n) is 3.54. The Bertz CT molecular complexity index is 441. The van der Waals surface area contributed by atoms with Gasteiger partial charge in [0.15, 0.2) is 5.96 Å². The Labute approximate surface area is 131 Å². The lowest BCUT2D eigenvalue weighted by atomic mass is 10.1. The number of aliphatic imine (C=N–C) groups is 1. The maximum Gasteiger partial charge on any atom is 0.191 e. The second-order valence-corrected chi connectivity index (χ2v) is 6.60. The van der Waals surface area contributed by atoms with Crippen LogP contribution >= 0.6 is 11.8 Å². The second kappa shape index (κ2) is 8.95. The predicted molar refractivity (Wildman–Crippen MR) is 90.8 cm³/mol. The number of hydrogen-bond acceptors (Lipinski definition) is 3. The van der Waals surface area contributed by atoms with Gasteiger partial charge in [0.1, 0.15) is 0 Å². The van der Waals surface area contributed by atoms with Crippen LogP contribution in [0, 0.1) is 0 Å². The van der Waals surface area contributed by atoms with E-state index in [4.69, 9.17) is 4.74 Å². The lowest BCUT2D eigenvalue weighted by molar-refractivity contribution is 0.185. The van der Waals surface area contributed by atoms with Gasteiger partial charge in [-0.25, -0.2) is 0 Å². The number of methoxy groups -OCH3 is 1. The van der Waals surface area contributed by atoms with E-state index in [9.17, 15) is 0 Å². The summed E-state index contributed by atoms with van der Waals surface area (Å²) in [7, 11) is 3.53. The molecule has 1 aliphatic rings. The molecule has 1 unspecified atom stereocenters. The molecular formula is C16H25N3OS. The lowest BCUT2D eigenvalue weighted by Gasteiger charge is -2.15. The number of ether oxygens (including phenoxy) is 1. The van der Waals surface area contributed by atoms with Crippen LogP contribution in [0.3, 0.4) is 0 Å². The van der Waals surface area contributed by atoms with Crippen molar-refractivity contribution in [2.45, 2.75) is 31.2 Å². The zero-order valence-electron chi connectivity index (χ0n) is 12.9. The molecule has 1 aliphatic heterocycles. The normalized spacial score (nSPS) is 18.8. The zero-order valence-corrected chi connectivity index (χ0v) is 13.7. The van der Waals surface area contributed by atoms with Crippen LogP contribution in [0.2, 0.25) is 0 Å². The molecular weight excluding hydrogens is 282 g/mol. The summed E-state index contributed by atoms with van der Waals surface area (Å²) < 4.78 is 5.12. The first-order valence-corrected chi connectivity index (χ1v) is 8.49. The summed E-state index contributed by atoms with van der Waals surface area (Å²) in [6.45, 7) is 2.44. The fraction of sp³-hybridized carbons (Fsp3) is 0.562. The van der Waals surface area contributed by atoms with Crippen LogP contribution in [0.15, 0.2) is 29.3 Å². The third-order valence-corrected chi connectivity index (χ3v) is 4.94. The number of guanidine groups is 1. The largest absolute Gasteiger partial charge is 0.380 e. The monoisotopic (exact) mass is 307 g/mol. The molecule has 116 valence electrons. The maximum absolute atomic E-state index is 5.12. The number of benzene rings is 1. The third kappa shape index (κ3) is 5.59. The van der Waals surface area contributed by atoms with E-state index in [1.54, 1.807) is 7.11 Å². The van der Waals surface area contributed by atoms with Gasteiger partial charge < -0.3 is 15.4 Å². The van der Waals surface area contributed by atoms with Crippen molar-refractivity contribution in [1.82, 2.24) is 10.6 Å². The van der Waals surface area contributed by atoms with Crippen LogP contribution in [-0.2, 0) is 17.9 Å². The van der Waals surface area contributed by atoms with Gasteiger partial charge in [0, 0.05) is 32.5 Å². The van der Waals surface area contributed by atoms with Crippen LogP contribution in [0.5, 0.6) is 0 Å². The Morgan fingerprint density at radius 3 is 2.67 bits per heavy atom. The fourth-order valence-electron chi connectivity index (χ4n) is 2.34. The van der Waals surface area contributed by atoms with E-state index in [1.807, 2.05) is 7.05 Å². The average molecular weight is 307 g/mol. The van der Waals surface area contributed by atoms with E-state index in [-0.39, 0.29) is 0 Å². The molecule has 1 atom stereocenters. The van der Waals surface area contributed by atoms with Crippen LogP contribution < -0.4 is 10.6 Å². The fourth-order valence-corrected chi connectivity index (χ4v) is 3.54. The molecule has 21 heavy (non-hydrogen) atoms. The van der Waals surface area contributed by atoms with Crippen LogP contribution in [0.1, 0.15) is 24.0 Å². The smallest absolute Gasteiger partial charge is 0.191 e. The zero-order chi connectivity index (χ0) is 14.9. The molecule has 4 nitrogen and oxygen atoms in total. The summed E-state index contributed by atoms with van der Waals surface area (Å²) in [4.78, 5) is 4.28. The van der Waals surface area contributed by atoms with Crippen molar-refractivity contribution in [2.24, 2.45) is 4.99 Å². The molecule has 1 saturated heterocycles. The van der Waals surface area contributed by atoms with Gasteiger partial charge in [0.2, 0.25) is 0 Å². The number of nitrogens with one attached hydrogen (secondary N) is 2. The summed E-state index contributed by atoms with van der Waals surface area (Å²) in [6, 6.07) is 8.46. The Balaban J connectivity index is 1.74. The van der Waals surface area contributed by atoms with Crippen molar-refractivity contribution in [2.75, 3.05) is 26.5 Å². The number of nitrogens with zero attached hydrogens (tertiary/aromatic N) is 1. The van der Waals surface area contributed by atoms with Crippen LogP contribution in [-0.4, -0.2) is 37.7 Å². The first kappa shape index (κ1) is 16.2. The molecule has 0 amide bonds. The van der Waals surface area contributed by atoms with Gasteiger partial charge in [0.05, 0.1) is 6.61 Å². The summed E-state index contributed by atoms with van der Waals surface area (Å²) >= 11 is 2.06.